The monoisotopic (exact) mass is 523 g/mol. The van der Waals surface area contributed by atoms with Crippen molar-refractivity contribution in [3.63, 3.8) is 0 Å². The predicted molar refractivity (Wildman–Crippen MR) is 141 cm³/mol. The van der Waals surface area contributed by atoms with Gasteiger partial charge in [0.05, 0.1) is 21.9 Å². The van der Waals surface area contributed by atoms with Crippen molar-refractivity contribution in [2.45, 2.75) is 12.8 Å². The number of carbonyl (C=O) groups is 2. The van der Waals surface area contributed by atoms with Gasteiger partial charge >= 0.3 is 0 Å². The summed E-state index contributed by atoms with van der Waals surface area (Å²) in [6, 6.07) is 13.1. The maximum Gasteiger partial charge on any atom is 0.293 e. The highest BCUT2D eigenvalue weighted by Gasteiger charge is 2.26. The van der Waals surface area contributed by atoms with Crippen molar-refractivity contribution in [1.29, 1.82) is 0 Å². The molecule has 192 valence electrons. The van der Waals surface area contributed by atoms with Gasteiger partial charge in [-0.25, -0.2) is 0 Å². The van der Waals surface area contributed by atoms with Crippen LogP contribution in [0.15, 0.2) is 59.2 Å². The van der Waals surface area contributed by atoms with E-state index in [1.165, 1.54) is 12.3 Å². The molecule has 3 aromatic rings. The normalized spacial score (nSPS) is 15.6. The summed E-state index contributed by atoms with van der Waals surface area (Å²) in [5, 5.41) is 14.9. The molecule has 0 atom stereocenters. The SMILES string of the molecule is O=C(Nc1ccc(N2CCN(C(=O)c3ccco3)CC2)c(Cl)c1)c1ccc(N2CCCC2)c([N+](=O)[O-])c1. The maximum absolute atomic E-state index is 12.9. The minimum absolute atomic E-state index is 0.0763. The van der Waals surface area contributed by atoms with Crippen LogP contribution in [0.3, 0.4) is 0 Å². The zero-order chi connectivity index (χ0) is 25.9. The number of nitro groups is 1. The van der Waals surface area contributed by atoms with Crippen LogP contribution >= 0.6 is 11.6 Å². The first-order valence-corrected chi connectivity index (χ1v) is 12.5. The number of anilines is 3. The van der Waals surface area contributed by atoms with Gasteiger partial charge in [0.15, 0.2) is 5.76 Å². The summed E-state index contributed by atoms with van der Waals surface area (Å²) in [4.78, 5) is 42.4. The van der Waals surface area contributed by atoms with E-state index in [0.29, 0.717) is 48.3 Å². The molecule has 10 nitrogen and oxygen atoms in total. The van der Waals surface area contributed by atoms with E-state index in [1.54, 1.807) is 41.3 Å². The molecule has 5 rings (SSSR count). The molecule has 2 amide bonds. The largest absolute Gasteiger partial charge is 0.459 e. The zero-order valence-corrected chi connectivity index (χ0v) is 20.8. The fourth-order valence-corrected chi connectivity index (χ4v) is 5.09. The molecule has 0 aliphatic carbocycles. The average Bonchev–Trinajstić information content (AvgIpc) is 3.63. The lowest BCUT2D eigenvalue weighted by atomic mass is 10.1. The molecular weight excluding hydrogens is 498 g/mol. The molecule has 11 heteroatoms. The Morgan fingerprint density at radius 3 is 2.27 bits per heavy atom. The molecule has 2 aliphatic heterocycles. The van der Waals surface area contributed by atoms with Crippen molar-refractivity contribution >= 4 is 46.2 Å². The molecule has 0 spiro atoms. The second kappa shape index (κ2) is 10.5. The number of furan rings is 1. The number of amides is 2. The molecule has 37 heavy (non-hydrogen) atoms. The lowest BCUT2D eigenvalue weighted by Crippen LogP contribution is -2.48. The van der Waals surface area contributed by atoms with E-state index >= 15 is 0 Å². The van der Waals surface area contributed by atoms with Crippen molar-refractivity contribution in [1.82, 2.24) is 4.90 Å². The number of nitro benzene ring substituents is 1. The Kier molecular flexibility index (Phi) is 7.00. The first-order chi connectivity index (χ1) is 17.9. The van der Waals surface area contributed by atoms with E-state index in [2.05, 4.69) is 10.2 Å². The van der Waals surface area contributed by atoms with E-state index in [9.17, 15) is 19.7 Å². The highest BCUT2D eigenvalue weighted by Crippen LogP contribution is 2.33. The molecule has 0 bridgehead atoms. The second-order valence-corrected chi connectivity index (χ2v) is 9.44. The number of hydrogen-bond donors (Lipinski definition) is 1. The molecule has 2 aromatic carbocycles. The Hall–Kier alpha value is -4.05. The molecule has 0 saturated carbocycles. The van der Waals surface area contributed by atoms with Crippen LogP contribution in [0.1, 0.15) is 33.8 Å². The molecule has 0 radical (unpaired) electrons. The Balaban J connectivity index is 1.24. The number of rotatable bonds is 6. The summed E-state index contributed by atoms with van der Waals surface area (Å²) in [6.45, 7) is 3.80. The van der Waals surface area contributed by atoms with E-state index in [-0.39, 0.29) is 17.2 Å². The molecule has 0 unspecified atom stereocenters. The molecule has 2 aliphatic rings. The highest BCUT2D eigenvalue weighted by molar-refractivity contribution is 6.33. The maximum atomic E-state index is 12.9. The lowest BCUT2D eigenvalue weighted by Gasteiger charge is -2.36. The van der Waals surface area contributed by atoms with Crippen LogP contribution in [0.2, 0.25) is 5.02 Å². The number of nitrogens with zero attached hydrogens (tertiary/aromatic N) is 4. The number of nitrogens with one attached hydrogen (secondary N) is 1. The highest BCUT2D eigenvalue weighted by atomic mass is 35.5. The topological polar surface area (TPSA) is 112 Å². The van der Waals surface area contributed by atoms with Crippen LogP contribution in [-0.4, -0.2) is 60.9 Å². The van der Waals surface area contributed by atoms with E-state index < -0.39 is 10.8 Å². The molecule has 1 aromatic heterocycles. The summed E-state index contributed by atoms with van der Waals surface area (Å²) in [5.74, 6) is -0.268. The smallest absolute Gasteiger partial charge is 0.293 e. The molecule has 2 saturated heterocycles. The number of piperazine rings is 1. The minimum Gasteiger partial charge on any atom is -0.459 e. The number of hydrogen-bond acceptors (Lipinski definition) is 7. The summed E-state index contributed by atoms with van der Waals surface area (Å²) >= 11 is 6.55. The van der Waals surface area contributed by atoms with E-state index in [1.807, 2.05) is 11.0 Å². The summed E-state index contributed by atoms with van der Waals surface area (Å²) < 4.78 is 5.21. The third kappa shape index (κ3) is 5.24. The second-order valence-electron chi connectivity index (χ2n) is 9.03. The van der Waals surface area contributed by atoms with Gasteiger partial charge in [-0.2, -0.15) is 0 Å². The van der Waals surface area contributed by atoms with Gasteiger partial charge in [-0.05, 0) is 55.3 Å². The van der Waals surface area contributed by atoms with Crippen LogP contribution < -0.4 is 15.1 Å². The molecule has 3 heterocycles. The molecule has 1 N–H and O–H groups in total. The summed E-state index contributed by atoms with van der Waals surface area (Å²) in [7, 11) is 0. The van der Waals surface area contributed by atoms with Gasteiger partial charge in [-0.3, -0.25) is 19.7 Å². The van der Waals surface area contributed by atoms with Gasteiger partial charge in [-0.1, -0.05) is 11.6 Å². The van der Waals surface area contributed by atoms with Crippen molar-refractivity contribution in [2.75, 3.05) is 54.4 Å². The lowest BCUT2D eigenvalue weighted by molar-refractivity contribution is -0.384. The van der Waals surface area contributed by atoms with E-state index in [4.69, 9.17) is 16.0 Å². The summed E-state index contributed by atoms with van der Waals surface area (Å²) in [5.41, 5.74) is 1.95. The number of benzene rings is 2. The van der Waals surface area contributed by atoms with E-state index in [0.717, 1.165) is 31.6 Å². The van der Waals surface area contributed by atoms with Crippen LogP contribution in [0.4, 0.5) is 22.7 Å². The van der Waals surface area contributed by atoms with Crippen LogP contribution in [-0.2, 0) is 0 Å². The van der Waals surface area contributed by atoms with Crippen molar-refractivity contribution in [2.24, 2.45) is 0 Å². The van der Waals surface area contributed by atoms with Gasteiger partial charge in [-0.15, -0.1) is 0 Å². The Labute approximate surface area is 218 Å². The zero-order valence-electron chi connectivity index (χ0n) is 20.1. The quantitative estimate of drug-likeness (QED) is 0.369. The van der Waals surface area contributed by atoms with Crippen molar-refractivity contribution in [3.05, 3.63) is 81.3 Å². The van der Waals surface area contributed by atoms with Gasteiger partial charge in [0.2, 0.25) is 0 Å². The Morgan fingerprint density at radius 1 is 0.919 bits per heavy atom. The number of carbonyl (C=O) groups excluding carboxylic acids is 2. The molecule has 2 fully saturated rings. The van der Waals surface area contributed by atoms with Gasteiger partial charge in [0, 0.05) is 56.6 Å². The van der Waals surface area contributed by atoms with Gasteiger partial charge in [0.1, 0.15) is 5.69 Å². The first-order valence-electron chi connectivity index (χ1n) is 12.1. The fraction of sp³-hybridized carbons (Fsp3) is 0.308. The standard InChI is InChI=1S/C26H26ClN5O5/c27-20-17-19(6-8-21(20)30-11-13-31(14-12-30)26(34)24-4-3-15-37-24)28-25(33)18-5-7-22(23(16-18)32(35)36)29-9-1-2-10-29/h3-8,15-17H,1-2,9-14H2,(H,28,33). The Bertz CT molecular complexity index is 1310. The first kappa shape index (κ1) is 24.6. The van der Waals surface area contributed by atoms with Crippen LogP contribution in [0.5, 0.6) is 0 Å². The average molecular weight is 524 g/mol. The fourth-order valence-electron chi connectivity index (χ4n) is 4.79. The third-order valence-corrected chi connectivity index (χ3v) is 7.03. The van der Waals surface area contributed by atoms with Gasteiger partial charge < -0.3 is 24.4 Å². The number of halogens is 1. The van der Waals surface area contributed by atoms with Gasteiger partial charge in [0.25, 0.3) is 17.5 Å². The predicted octanol–water partition coefficient (Wildman–Crippen LogP) is 4.66. The molecular formula is C26H26ClN5O5. The van der Waals surface area contributed by atoms with Crippen molar-refractivity contribution in [3.8, 4) is 0 Å². The third-order valence-electron chi connectivity index (χ3n) is 6.73. The Morgan fingerprint density at radius 2 is 1.62 bits per heavy atom. The van der Waals surface area contributed by atoms with Crippen LogP contribution in [0, 0.1) is 10.1 Å². The van der Waals surface area contributed by atoms with Crippen LogP contribution in [0.25, 0.3) is 0 Å². The minimum atomic E-state index is -0.454. The van der Waals surface area contributed by atoms with Crippen molar-refractivity contribution < 1.29 is 18.9 Å². The summed E-state index contributed by atoms with van der Waals surface area (Å²) in [6.07, 6.45) is 3.47.